The summed E-state index contributed by atoms with van der Waals surface area (Å²) in [6.45, 7) is 1.28. The van der Waals surface area contributed by atoms with Crippen LogP contribution in [0.2, 0.25) is 0 Å². The maximum atomic E-state index is 12.7. The minimum absolute atomic E-state index is 0. The predicted molar refractivity (Wildman–Crippen MR) is 84.7 cm³/mol. The summed E-state index contributed by atoms with van der Waals surface area (Å²) < 4.78 is 5.41. The van der Waals surface area contributed by atoms with Gasteiger partial charge in [-0.25, -0.2) is 0 Å². The number of hydrogen-bond donors (Lipinski definition) is 1. The Morgan fingerprint density at radius 3 is 2.86 bits per heavy atom. The van der Waals surface area contributed by atoms with Gasteiger partial charge < -0.3 is 15.4 Å². The molecular weight excluding hydrogens is 288 g/mol. The third-order valence-corrected chi connectivity index (χ3v) is 4.71. The molecule has 21 heavy (non-hydrogen) atoms. The number of hydrogen-bond acceptors (Lipinski definition) is 3. The van der Waals surface area contributed by atoms with Gasteiger partial charge in [0, 0.05) is 26.2 Å². The van der Waals surface area contributed by atoms with E-state index in [0.717, 1.165) is 25.8 Å². The molecule has 0 radical (unpaired) electrons. The van der Waals surface area contributed by atoms with Crippen LogP contribution < -0.4 is 5.73 Å². The Morgan fingerprint density at radius 1 is 1.43 bits per heavy atom. The highest BCUT2D eigenvalue weighted by molar-refractivity contribution is 5.87. The van der Waals surface area contributed by atoms with Gasteiger partial charge in [0.1, 0.15) is 0 Å². The van der Waals surface area contributed by atoms with Crippen LogP contribution in [0.3, 0.4) is 0 Å². The van der Waals surface area contributed by atoms with Crippen LogP contribution in [0.5, 0.6) is 0 Å². The molecule has 1 aromatic rings. The standard InChI is InChI=1S/C16H22N2O2.ClH/c1-20-13-6-7-18(12(9-13)10-17)16(19)15-8-11-4-2-3-5-14(11)15;/h2-5,12-13,15H,6-10,17H2,1H3;1H. The lowest BCUT2D eigenvalue weighted by Crippen LogP contribution is -2.53. The summed E-state index contributed by atoms with van der Waals surface area (Å²) in [5, 5.41) is 0. The molecule has 3 rings (SSSR count). The first-order valence-corrected chi connectivity index (χ1v) is 7.35. The zero-order valence-corrected chi connectivity index (χ0v) is 13.1. The van der Waals surface area contributed by atoms with Crippen LogP contribution in [0.15, 0.2) is 24.3 Å². The second-order valence-electron chi connectivity index (χ2n) is 5.76. The van der Waals surface area contributed by atoms with E-state index in [9.17, 15) is 4.79 Å². The molecule has 116 valence electrons. The van der Waals surface area contributed by atoms with Crippen molar-refractivity contribution in [1.29, 1.82) is 0 Å². The zero-order chi connectivity index (χ0) is 14.1. The molecule has 3 atom stereocenters. The number of ether oxygens (including phenoxy) is 1. The molecule has 0 spiro atoms. The van der Waals surface area contributed by atoms with Crippen molar-refractivity contribution < 1.29 is 9.53 Å². The van der Waals surface area contributed by atoms with Gasteiger partial charge in [-0.2, -0.15) is 0 Å². The summed E-state index contributed by atoms with van der Waals surface area (Å²) in [6, 6.07) is 8.34. The van der Waals surface area contributed by atoms with E-state index in [1.54, 1.807) is 7.11 Å². The van der Waals surface area contributed by atoms with Gasteiger partial charge in [0.2, 0.25) is 5.91 Å². The smallest absolute Gasteiger partial charge is 0.230 e. The van der Waals surface area contributed by atoms with Gasteiger partial charge in [-0.15, -0.1) is 12.4 Å². The molecule has 2 aliphatic rings. The van der Waals surface area contributed by atoms with Gasteiger partial charge >= 0.3 is 0 Å². The van der Waals surface area contributed by atoms with Crippen LogP contribution in [0, 0.1) is 0 Å². The van der Waals surface area contributed by atoms with Gasteiger partial charge in [0.25, 0.3) is 0 Å². The molecule has 1 saturated heterocycles. The van der Waals surface area contributed by atoms with Crippen LogP contribution in [0.4, 0.5) is 0 Å². The lowest BCUT2D eigenvalue weighted by molar-refractivity contribution is -0.139. The fourth-order valence-corrected chi connectivity index (χ4v) is 3.42. The van der Waals surface area contributed by atoms with Gasteiger partial charge in [0.05, 0.1) is 12.0 Å². The Kier molecular flexibility index (Phi) is 5.25. The number of benzene rings is 1. The molecule has 0 saturated carbocycles. The summed E-state index contributed by atoms with van der Waals surface area (Å²) in [4.78, 5) is 14.7. The minimum Gasteiger partial charge on any atom is -0.381 e. The first-order chi connectivity index (χ1) is 9.74. The largest absolute Gasteiger partial charge is 0.381 e. The molecule has 1 heterocycles. The van der Waals surface area contributed by atoms with Crippen LogP contribution in [-0.4, -0.2) is 43.2 Å². The van der Waals surface area contributed by atoms with Crippen LogP contribution >= 0.6 is 12.4 Å². The number of piperidine rings is 1. The molecular formula is C16H23ClN2O2. The SMILES string of the molecule is COC1CCN(C(=O)C2Cc3ccccc32)C(CN)C1.Cl. The number of rotatable bonds is 3. The summed E-state index contributed by atoms with van der Waals surface area (Å²) >= 11 is 0. The second kappa shape index (κ2) is 6.77. The quantitative estimate of drug-likeness (QED) is 0.925. The molecule has 1 aliphatic heterocycles. The van der Waals surface area contributed by atoms with Gasteiger partial charge in [-0.3, -0.25) is 4.79 Å². The molecule has 0 bridgehead atoms. The van der Waals surface area contributed by atoms with E-state index in [4.69, 9.17) is 10.5 Å². The van der Waals surface area contributed by atoms with E-state index >= 15 is 0 Å². The highest BCUT2D eigenvalue weighted by Crippen LogP contribution is 2.37. The lowest BCUT2D eigenvalue weighted by Gasteiger charge is -2.42. The van der Waals surface area contributed by atoms with Crippen molar-refractivity contribution in [2.24, 2.45) is 5.73 Å². The van der Waals surface area contributed by atoms with Crippen molar-refractivity contribution in [3.05, 3.63) is 35.4 Å². The molecule has 1 fully saturated rings. The van der Waals surface area contributed by atoms with E-state index in [2.05, 4.69) is 12.1 Å². The molecule has 5 heteroatoms. The Labute approximate surface area is 132 Å². The van der Waals surface area contributed by atoms with Gasteiger partial charge in [-0.05, 0) is 30.4 Å². The third-order valence-electron chi connectivity index (χ3n) is 4.71. The van der Waals surface area contributed by atoms with E-state index in [1.807, 2.05) is 17.0 Å². The fraction of sp³-hybridized carbons (Fsp3) is 0.562. The van der Waals surface area contributed by atoms with Gasteiger partial charge in [-0.1, -0.05) is 24.3 Å². The summed E-state index contributed by atoms with van der Waals surface area (Å²) in [5.74, 6) is 0.285. The molecule has 4 nitrogen and oxygen atoms in total. The Morgan fingerprint density at radius 2 is 2.19 bits per heavy atom. The minimum atomic E-state index is 0. The van der Waals surface area contributed by atoms with Crippen molar-refractivity contribution in [2.45, 2.75) is 37.3 Å². The highest BCUT2D eigenvalue weighted by Gasteiger charge is 2.39. The van der Waals surface area contributed by atoms with Crippen molar-refractivity contribution in [3.63, 3.8) is 0 Å². The van der Waals surface area contributed by atoms with E-state index in [0.29, 0.717) is 6.54 Å². The maximum absolute atomic E-state index is 12.7. The number of nitrogens with zero attached hydrogens (tertiary/aromatic N) is 1. The number of carbonyl (C=O) groups excluding carboxylic acids is 1. The van der Waals surface area contributed by atoms with Crippen LogP contribution in [-0.2, 0) is 16.0 Å². The molecule has 1 amide bonds. The predicted octanol–water partition coefficient (Wildman–Crippen LogP) is 1.71. The average Bonchev–Trinajstić information content (AvgIpc) is 2.47. The highest BCUT2D eigenvalue weighted by atomic mass is 35.5. The van der Waals surface area contributed by atoms with Crippen molar-refractivity contribution >= 4 is 18.3 Å². The number of halogens is 1. The monoisotopic (exact) mass is 310 g/mol. The lowest BCUT2D eigenvalue weighted by atomic mass is 9.76. The number of methoxy groups -OCH3 is 1. The van der Waals surface area contributed by atoms with E-state index in [-0.39, 0.29) is 36.4 Å². The number of fused-ring (bicyclic) bond motifs is 1. The number of carbonyl (C=O) groups is 1. The molecule has 1 aromatic carbocycles. The summed E-state index contributed by atoms with van der Waals surface area (Å²) in [6.07, 6.45) is 2.87. The van der Waals surface area contributed by atoms with Crippen LogP contribution in [0.1, 0.15) is 29.9 Å². The zero-order valence-electron chi connectivity index (χ0n) is 12.3. The van der Waals surface area contributed by atoms with Crippen molar-refractivity contribution in [3.8, 4) is 0 Å². The second-order valence-corrected chi connectivity index (χ2v) is 5.76. The Hall–Kier alpha value is -1.10. The van der Waals surface area contributed by atoms with Crippen molar-refractivity contribution in [2.75, 3.05) is 20.2 Å². The topological polar surface area (TPSA) is 55.6 Å². The Balaban J connectivity index is 0.00000161. The van der Waals surface area contributed by atoms with Crippen LogP contribution in [0.25, 0.3) is 0 Å². The van der Waals surface area contributed by atoms with Gasteiger partial charge in [0.15, 0.2) is 0 Å². The molecule has 0 aromatic heterocycles. The number of likely N-dealkylation sites (tertiary alicyclic amines) is 1. The third kappa shape index (κ3) is 2.93. The number of amides is 1. The normalized spacial score (nSPS) is 27.3. The summed E-state index contributed by atoms with van der Waals surface area (Å²) in [7, 11) is 1.73. The van der Waals surface area contributed by atoms with E-state index in [1.165, 1.54) is 11.1 Å². The maximum Gasteiger partial charge on any atom is 0.230 e. The molecule has 1 aliphatic carbocycles. The van der Waals surface area contributed by atoms with E-state index < -0.39 is 0 Å². The molecule has 2 N–H and O–H groups in total. The average molecular weight is 311 g/mol. The number of nitrogens with two attached hydrogens (primary N) is 1. The first kappa shape index (κ1) is 16.3. The van der Waals surface area contributed by atoms with Crippen molar-refractivity contribution in [1.82, 2.24) is 4.90 Å². The first-order valence-electron chi connectivity index (χ1n) is 7.35. The molecule has 3 unspecified atom stereocenters. The fourth-order valence-electron chi connectivity index (χ4n) is 3.42. The summed E-state index contributed by atoms with van der Waals surface area (Å²) in [5.41, 5.74) is 8.36. The Bertz CT molecular complexity index is 509.